The van der Waals surface area contributed by atoms with Crippen LogP contribution in [0.25, 0.3) is 0 Å². The Kier molecular flexibility index (Phi) is 4.70. The molecule has 2 heterocycles. The van der Waals surface area contributed by atoms with E-state index in [1.165, 1.54) is 0 Å². The molecule has 0 radical (unpaired) electrons. The number of carbonyl (C=O) groups excluding carboxylic acids is 1. The van der Waals surface area contributed by atoms with Crippen molar-refractivity contribution in [1.29, 1.82) is 0 Å². The molecule has 126 valence electrons. The molecule has 7 heteroatoms. The maximum absolute atomic E-state index is 12.8. The number of benzene rings is 1. The molecule has 1 aromatic rings. The molecule has 23 heavy (non-hydrogen) atoms. The first-order chi connectivity index (χ1) is 11.2. The van der Waals surface area contributed by atoms with Gasteiger partial charge in [-0.25, -0.2) is 0 Å². The first-order valence-electron chi connectivity index (χ1n) is 7.56. The number of ether oxygens (including phenoxy) is 4. The van der Waals surface area contributed by atoms with E-state index in [0.29, 0.717) is 36.8 Å². The first kappa shape index (κ1) is 16.0. The molecule has 1 saturated heterocycles. The number of aliphatic hydroxyl groups is 1. The Morgan fingerprint density at radius 3 is 2.65 bits per heavy atom. The maximum atomic E-state index is 12.8. The average Bonchev–Trinajstić information content (AvgIpc) is 2.98. The fraction of sp³-hybridized carbons (Fsp3) is 0.562. The molecule has 1 fully saturated rings. The van der Waals surface area contributed by atoms with Gasteiger partial charge in [0.2, 0.25) is 0 Å². The molecule has 2 aliphatic heterocycles. The van der Waals surface area contributed by atoms with E-state index in [1.54, 1.807) is 37.3 Å². The third-order valence-electron chi connectivity index (χ3n) is 4.33. The number of aliphatic hydroxyl groups excluding tert-OH is 1. The number of amides is 1. The first-order valence-corrected chi connectivity index (χ1v) is 7.56. The highest BCUT2D eigenvalue weighted by atomic mass is 16.6. The van der Waals surface area contributed by atoms with E-state index < -0.39 is 6.04 Å². The Morgan fingerprint density at radius 2 is 2.00 bits per heavy atom. The van der Waals surface area contributed by atoms with Crippen molar-refractivity contribution >= 4 is 5.91 Å². The lowest BCUT2D eigenvalue weighted by atomic mass is 10.1. The SMILES string of the molecule is CO[C@@H]1[C@H](OC)CN(C(=O)c2ccc3c(c2)OCCO3)[C@H]1CO. The van der Waals surface area contributed by atoms with Gasteiger partial charge >= 0.3 is 0 Å². The van der Waals surface area contributed by atoms with Gasteiger partial charge in [0, 0.05) is 19.8 Å². The van der Waals surface area contributed by atoms with E-state index in [4.69, 9.17) is 18.9 Å². The summed E-state index contributed by atoms with van der Waals surface area (Å²) < 4.78 is 21.8. The monoisotopic (exact) mass is 323 g/mol. The zero-order valence-corrected chi connectivity index (χ0v) is 13.2. The van der Waals surface area contributed by atoms with Crippen LogP contribution in [0.2, 0.25) is 0 Å². The van der Waals surface area contributed by atoms with Crippen molar-refractivity contribution in [2.45, 2.75) is 18.2 Å². The highest BCUT2D eigenvalue weighted by Crippen LogP contribution is 2.32. The number of fused-ring (bicyclic) bond motifs is 1. The molecule has 0 bridgehead atoms. The van der Waals surface area contributed by atoms with Gasteiger partial charge in [-0.3, -0.25) is 4.79 Å². The zero-order chi connectivity index (χ0) is 16.4. The molecule has 7 nitrogen and oxygen atoms in total. The molecule has 3 rings (SSSR count). The second kappa shape index (κ2) is 6.74. The Bertz CT molecular complexity index is 578. The van der Waals surface area contributed by atoms with E-state index in [0.717, 1.165) is 0 Å². The van der Waals surface area contributed by atoms with Crippen LogP contribution < -0.4 is 9.47 Å². The second-order valence-corrected chi connectivity index (χ2v) is 5.54. The van der Waals surface area contributed by atoms with Crippen LogP contribution in [-0.4, -0.2) is 74.7 Å². The molecular formula is C16H21NO6. The van der Waals surface area contributed by atoms with Gasteiger partial charge in [-0.05, 0) is 18.2 Å². The summed E-state index contributed by atoms with van der Waals surface area (Å²) in [7, 11) is 3.13. The zero-order valence-electron chi connectivity index (χ0n) is 13.2. The van der Waals surface area contributed by atoms with Crippen LogP contribution in [0.15, 0.2) is 18.2 Å². The molecule has 3 atom stereocenters. The predicted molar refractivity (Wildman–Crippen MR) is 80.9 cm³/mol. The number of nitrogens with zero attached hydrogens (tertiary/aromatic N) is 1. The van der Waals surface area contributed by atoms with E-state index >= 15 is 0 Å². The van der Waals surface area contributed by atoms with Crippen molar-refractivity contribution in [2.24, 2.45) is 0 Å². The van der Waals surface area contributed by atoms with Crippen LogP contribution in [0.5, 0.6) is 11.5 Å². The molecule has 1 N–H and O–H groups in total. The molecule has 0 unspecified atom stereocenters. The fourth-order valence-corrected chi connectivity index (χ4v) is 3.15. The van der Waals surface area contributed by atoms with Crippen molar-refractivity contribution in [3.63, 3.8) is 0 Å². The lowest BCUT2D eigenvalue weighted by molar-refractivity contribution is -0.0273. The summed E-state index contributed by atoms with van der Waals surface area (Å²) in [5, 5.41) is 9.66. The number of carbonyl (C=O) groups is 1. The van der Waals surface area contributed by atoms with Crippen molar-refractivity contribution in [3.05, 3.63) is 23.8 Å². The quantitative estimate of drug-likeness (QED) is 0.859. The fourth-order valence-electron chi connectivity index (χ4n) is 3.15. The summed E-state index contributed by atoms with van der Waals surface area (Å²) in [4.78, 5) is 14.4. The van der Waals surface area contributed by atoms with Gasteiger partial charge < -0.3 is 29.0 Å². The number of hydrogen-bond acceptors (Lipinski definition) is 6. The highest BCUT2D eigenvalue weighted by Gasteiger charge is 2.44. The van der Waals surface area contributed by atoms with Crippen LogP contribution in [0.3, 0.4) is 0 Å². The summed E-state index contributed by atoms with van der Waals surface area (Å²) in [5.41, 5.74) is 0.485. The predicted octanol–water partition coefficient (Wildman–Crippen LogP) is 0.304. The summed E-state index contributed by atoms with van der Waals surface area (Å²) in [6.07, 6.45) is -0.621. The minimum absolute atomic E-state index is 0.186. The van der Waals surface area contributed by atoms with Crippen LogP contribution in [-0.2, 0) is 9.47 Å². The van der Waals surface area contributed by atoms with Gasteiger partial charge in [0.15, 0.2) is 11.5 Å². The minimum Gasteiger partial charge on any atom is -0.486 e. The maximum Gasteiger partial charge on any atom is 0.254 e. The number of methoxy groups -OCH3 is 2. The topological polar surface area (TPSA) is 77.5 Å². The van der Waals surface area contributed by atoms with Crippen LogP contribution in [0.4, 0.5) is 0 Å². The number of hydrogen-bond donors (Lipinski definition) is 1. The number of likely N-dealkylation sites (tertiary alicyclic amines) is 1. The Labute approximate surface area is 134 Å². The molecule has 1 aromatic carbocycles. The van der Waals surface area contributed by atoms with E-state index in [-0.39, 0.29) is 24.7 Å². The normalized spacial score (nSPS) is 26.4. The third-order valence-corrected chi connectivity index (χ3v) is 4.33. The van der Waals surface area contributed by atoms with Crippen molar-refractivity contribution in [1.82, 2.24) is 4.90 Å². The Morgan fingerprint density at radius 1 is 1.26 bits per heavy atom. The van der Waals surface area contributed by atoms with Gasteiger partial charge in [0.25, 0.3) is 5.91 Å². The second-order valence-electron chi connectivity index (χ2n) is 5.54. The Hall–Kier alpha value is -1.83. The molecule has 0 aliphatic carbocycles. The van der Waals surface area contributed by atoms with Gasteiger partial charge in [-0.15, -0.1) is 0 Å². The molecule has 0 saturated carbocycles. The van der Waals surface area contributed by atoms with E-state index in [9.17, 15) is 9.90 Å². The van der Waals surface area contributed by atoms with Crippen molar-refractivity contribution < 1.29 is 28.8 Å². The largest absolute Gasteiger partial charge is 0.486 e. The average molecular weight is 323 g/mol. The van der Waals surface area contributed by atoms with Crippen LogP contribution in [0.1, 0.15) is 10.4 Å². The van der Waals surface area contributed by atoms with Gasteiger partial charge in [0.1, 0.15) is 25.4 Å². The lowest BCUT2D eigenvalue weighted by Gasteiger charge is -2.26. The number of rotatable bonds is 4. The van der Waals surface area contributed by atoms with Crippen LogP contribution >= 0.6 is 0 Å². The summed E-state index contributed by atoms with van der Waals surface area (Å²) in [6.45, 7) is 1.15. The summed E-state index contributed by atoms with van der Waals surface area (Å²) in [5.74, 6) is 1.01. The summed E-state index contributed by atoms with van der Waals surface area (Å²) >= 11 is 0. The molecule has 0 aromatic heterocycles. The molecule has 1 amide bonds. The van der Waals surface area contributed by atoms with Crippen molar-refractivity contribution in [3.8, 4) is 11.5 Å². The molecule has 0 spiro atoms. The van der Waals surface area contributed by atoms with Crippen LogP contribution in [0, 0.1) is 0 Å². The minimum atomic E-state index is -0.439. The standard InChI is InChI=1S/C16H21NO6/c1-20-14-8-17(11(9-18)15(14)21-2)16(19)10-3-4-12-13(7-10)23-6-5-22-12/h3-4,7,11,14-15,18H,5-6,8-9H2,1-2H3/t11-,14+,15-/m0/s1. The highest BCUT2D eigenvalue weighted by molar-refractivity contribution is 5.95. The smallest absolute Gasteiger partial charge is 0.254 e. The van der Waals surface area contributed by atoms with Gasteiger partial charge in [-0.2, -0.15) is 0 Å². The van der Waals surface area contributed by atoms with E-state index in [1.807, 2.05) is 0 Å². The molecule has 2 aliphatic rings. The Balaban J connectivity index is 1.84. The van der Waals surface area contributed by atoms with Crippen molar-refractivity contribution in [2.75, 3.05) is 40.6 Å². The van der Waals surface area contributed by atoms with Gasteiger partial charge in [-0.1, -0.05) is 0 Å². The lowest BCUT2D eigenvalue weighted by Crippen LogP contribution is -2.43. The summed E-state index contributed by atoms with van der Waals surface area (Å²) in [6, 6.07) is 4.66. The third kappa shape index (κ3) is 2.87. The molecular weight excluding hydrogens is 302 g/mol. The van der Waals surface area contributed by atoms with E-state index in [2.05, 4.69) is 0 Å². The van der Waals surface area contributed by atoms with Gasteiger partial charge in [0.05, 0.1) is 19.2 Å².